The van der Waals surface area contributed by atoms with Gasteiger partial charge in [-0.3, -0.25) is 0 Å². The zero-order valence-corrected chi connectivity index (χ0v) is 13.7. The van der Waals surface area contributed by atoms with Crippen LogP contribution in [0.25, 0.3) is 0 Å². The summed E-state index contributed by atoms with van der Waals surface area (Å²) in [6.07, 6.45) is 1.07. The maximum atomic E-state index is 12.2. The number of hydrogen-bond acceptors (Lipinski definition) is 4. The van der Waals surface area contributed by atoms with Crippen LogP contribution >= 0.6 is 11.8 Å². The molecule has 7 heteroatoms. The van der Waals surface area contributed by atoms with Gasteiger partial charge < -0.3 is 10.2 Å². The van der Waals surface area contributed by atoms with Crippen LogP contribution in [0.5, 0.6) is 0 Å². The molecule has 1 saturated heterocycles. The average molecular weight is 328 g/mol. The van der Waals surface area contributed by atoms with Gasteiger partial charge in [0.2, 0.25) is 0 Å². The fourth-order valence-corrected chi connectivity index (χ4v) is 4.09. The molecule has 1 fully saturated rings. The molecule has 1 heterocycles. The van der Waals surface area contributed by atoms with Crippen LogP contribution in [0.1, 0.15) is 13.3 Å². The van der Waals surface area contributed by atoms with Crippen LogP contribution in [0, 0.1) is 0 Å². The molecule has 2 amide bonds. The van der Waals surface area contributed by atoms with E-state index in [4.69, 9.17) is 0 Å². The molecule has 1 aromatic carbocycles. The first kappa shape index (κ1) is 16.2. The van der Waals surface area contributed by atoms with Gasteiger partial charge in [-0.05, 0) is 24.3 Å². The molecule has 0 radical (unpaired) electrons. The number of carbonyl (C=O) groups excluding carboxylic acids is 1. The highest BCUT2D eigenvalue weighted by Crippen LogP contribution is 2.27. The Morgan fingerprint density at radius 3 is 2.62 bits per heavy atom. The Labute approximate surface area is 130 Å². The second-order valence-corrected chi connectivity index (χ2v) is 8.35. The molecule has 0 bridgehead atoms. The SMILES string of the molecule is CCCSc1ccccc1NC(=O)N1CCS(=O)(=O)CC1. The quantitative estimate of drug-likeness (QED) is 0.862. The van der Waals surface area contributed by atoms with Crippen LogP contribution in [-0.2, 0) is 9.84 Å². The summed E-state index contributed by atoms with van der Waals surface area (Å²) in [7, 11) is -2.97. The highest BCUT2D eigenvalue weighted by Gasteiger charge is 2.25. The lowest BCUT2D eigenvalue weighted by Crippen LogP contribution is -2.45. The number of nitrogens with zero attached hydrogens (tertiary/aromatic N) is 1. The van der Waals surface area contributed by atoms with E-state index in [0.29, 0.717) is 0 Å². The Bertz CT molecular complexity index is 588. The standard InChI is InChI=1S/C14H20N2O3S2/c1-2-9-20-13-6-4-3-5-12(13)15-14(17)16-7-10-21(18,19)11-8-16/h3-6H,2,7-11H2,1H3,(H,15,17). The van der Waals surface area contributed by atoms with Crippen molar-refractivity contribution in [1.29, 1.82) is 0 Å². The summed E-state index contributed by atoms with van der Waals surface area (Å²) < 4.78 is 22.8. The lowest BCUT2D eigenvalue weighted by molar-refractivity contribution is 0.216. The average Bonchev–Trinajstić information content (AvgIpc) is 2.46. The van der Waals surface area contributed by atoms with Crippen molar-refractivity contribution >= 4 is 33.3 Å². The highest BCUT2D eigenvalue weighted by molar-refractivity contribution is 7.99. The number of hydrogen-bond donors (Lipinski definition) is 1. The highest BCUT2D eigenvalue weighted by atomic mass is 32.2. The minimum atomic E-state index is -2.97. The molecule has 21 heavy (non-hydrogen) atoms. The summed E-state index contributed by atoms with van der Waals surface area (Å²) >= 11 is 1.71. The monoisotopic (exact) mass is 328 g/mol. The third kappa shape index (κ3) is 4.64. The molecular formula is C14H20N2O3S2. The van der Waals surface area contributed by atoms with Crippen molar-refractivity contribution in [2.75, 3.05) is 35.7 Å². The van der Waals surface area contributed by atoms with Gasteiger partial charge in [0.05, 0.1) is 17.2 Å². The first-order chi connectivity index (χ1) is 10.0. The molecule has 0 saturated carbocycles. The van der Waals surface area contributed by atoms with Gasteiger partial charge in [0.15, 0.2) is 9.84 Å². The molecule has 1 aliphatic rings. The fourth-order valence-electron chi connectivity index (χ4n) is 2.02. The van der Waals surface area contributed by atoms with E-state index < -0.39 is 9.84 Å². The van der Waals surface area contributed by atoms with E-state index in [9.17, 15) is 13.2 Å². The number of sulfone groups is 1. The number of thioether (sulfide) groups is 1. The van der Waals surface area contributed by atoms with Gasteiger partial charge in [0, 0.05) is 18.0 Å². The first-order valence-corrected chi connectivity index (χ1v) is 9.81. The molecule has 5 nitrogen and oxygen atoms in total. The van der Waals surface area contributed by atoms with Crippen LogP contribution in [0.2, 0.25) is 0 Å². The third-order valence-corrected chi connectivity index (χ3v) is 6.11. The molecule has 1 aromatic rings. The van der Waals surface area contributed by atoms with Crippen LogP contribution in [0.3, 0.4) is 0 Å². The van der Waals surface area contributed by atoms with Gasteiger partial charge in [-0.25, -0.2) is 13.2 Å². The number of amides is 2. The molecule has 116 valence electrons. The number of rotatable bonds is 4. The third-order valence-electron chi connectivity index (χ3n) is 3.22. The predicted octanol–water partition coefficient (Wildman–Crippen LogP) is 2.45. The summed E-state index contributed by atoms with van der Waals surface area (Å²) in [5, 5.41) is 2.89. The molecule has 0 spiro atoms. The van der Waals surface area contributed by atoms with E-state index in [1.807, 2.05) is 24.3 Å². The maximum Gasteiger partial charge on any atom is 0.321 e. The molecule has 1 aliphatic heterocycles. The molecule has 0 aliphatic carbocycles. The topological polar surface area (TPSA) is 66.5 Å². The number of benzene rings is 1. The molecule has 0 aromatic heterocycles. The second kappa shape index (κ2) is 7.17. The largest absolute Gasteiger partial charge is 0.322 e. The van der Waals surface area contributed by atoms with Crippen molar-refractivity contribution in [3.63, 3.8) is 0 Å². The van der Waals surface area contributed by atoms with E-state index in [0.717, 1.165) is 22.8 Å². The van der Waals surface area contributed by atoms with E-state index >= 15 is 0 Å². The number of para-hydroxylation sites is 1. The molecular weight excluding hydrogens is 308 g/mol. The maximum absolute atomic E-state index is 12.2. The lowest BCUT2D eigenvalue weighted by Gasteiger charge is -2.27. The second-order valence-electron chi connectivity index (χ2n) is 4.91. The van der Waals surface area contributed by atoms with Crippen molar-refractivity contribution in [3.05, 3.63) is 24.3 Å². The fraction of sp³-hybridized carbons (Fsp3) is 0.500. The van der Waals surface area contributed by atoms with Gasteiger partial charge in [-0.2, -0.15) is 0 Å². The van der Waals surface area contributed by atoms with Crippen molar-refractivity contribution in [3.8, 4) is 0 Å². The van der Waals surface area contributed by atoms with Gasteiger partial charge in [0.25, 0.3) is 0 Å². The van der Waals surface area contributed by atoms with Gasteiger partial charge in [-0.15, -0.1) is 11.8 Å². The minimum absolute atomic E-state index is 0.0483. The van der Waals surface area contributed by atoms with Crippen molar-refractivity contribution in [1.82, 2.24) is 4.90 Å². The minimum Gasteiger partial charge on any atom is -0.322 e. The summed E-state index contributed by atoms with van der Waals surface area (Å²) in [4.78, 5) is 14.8. The van der Waals surface area contributed by atoms with Crippen LogP contribution < -0.4 is 5.32 Å². The summed E-state index contributed by atoms with van der Waals surface area (Å²) in [6.45, 7) is 2.64. The van der Waals surface area contributed by atoms with Gasteiger partial charge in [0.1, 0.15) is 0 Å². The molecule has 2 rings (SSSR count). The van der Waals surface area contributed by atoms with Crippen molar-refractivity contribution < 1.29 is 13.2 Å². The summed E-state index contributed by atoms with van der Waals surface area (Å²) in [5.74, 6) is 1.09. The number of urea groups is 1. The van der Waals surface area contributed by atoms with Crippen LogP contribution in [-0.4, -0.2) is 49.7 Å². The Hall–Kier alpha value is -1.21. The van der Waals surface area contributed by atoms with Gasteiger partial charge >= 0.3 is 6.03 Å². The zero-order valence-electron chi connectivity index (χ0n) is 12.0. The van der Waals surface area contributed by atoms with Crippen molar-refractivity contribution in [2.24, 2.45) is 0 Å². The Kier molecular flexibility index (Phi) is 5.52. The van der Waals surface area contributed by atoms with E-state index in [2.05, 4.69) is 12.2 Å². The number of anilines is 1. The number of carbonyl (C=O) groups is 1. The summed E-state index contributed by atoms with van der Waals surface area (Å²) in [5.41, 5.74) is 0.786. The van der Waals surface area contributed by atoms with Gasteiger partial charge in [-0.1, -0.05) is 19.1 Å². The lowest BCUT2D eigenvalue weighted by atomic mass is 10.3. The Morgan fingerprint density at radius 2 is 1.95 bits per heavy atom. The molecule has 1 N–H and O–H groups in total. The van der Waals surface area contributed by atoms with E-state index in [-0.39, 0.29) is 30.6 Å². The molecule has 0 unspecified atom stereocenters. The zero-order chi connectivity index (χ0) is 15.3. The number of nitrogens with one attached hydrogen (secondary N) is 1. The first-order valence-electron chi connectivity index (χ1n) is 7.00. The molecule has 0 atom stereocenters. The Morgan fingerprint density at radius 1 is 1.29 bits per heavy atom. The predicted molar refractivity (Wildman–Crippen MR) is 86.7 cm³/mol. The smallest absolute Gasteiger partial charge is 0.321 e. The normalized spacial score (nSPS) is 17.5. The van der Waals surface area contributed by atoms with Crippen LogP contribution in [0.4, 0.5) is 10.5 Å². The van der Waals surface area contributed by atoms with E-state index in [1.165, 1.54) is 0 Å². The van der Waals surface area contributed by atoms with Crippen molar-refractivity contribution in [2.45, 2.75) is 18.2 Å². The summed E-state index contributed by atoms with van der Waals surface area (Å²) in [6, 6.07) is 7.45. The van der Waals surface area contributed by atoms with E-state index in [1.54, 1.807) is 16.7 Å². The Balaban J connectivity index is 2.00. The van der Waals surface area contributed by atoms with Crippen LogP contribution in [0.15, 0.2) is 29.2 Å².